The number of aromatic nitrogens is 1. The van der Waals surface area contributed by atoms with Crippen LogP contribution in [0.1, 0.15) is 35.3 Å². The maximum absolute atomic E-state index is 12.0. The Hall–Kier alpha value is -3.58. The zero-order valence-corrected chi connectivity index (χ0v) is 14.8. The first-order valence-electron chi connectivity index (χ1n) is 8.71. The molecule has 0 spiro atoms. The molecule has 1 saturated heterocycles. The largest absolute Gasteiger partial charge is 0.438 e. The summed E-state index contributed by atoms with van der Waals surface area (Å²) in [6.45, 7) is 1.95. The van der Waals surface area contributed by atoms with E-state index < -0.39 is 17.7 Å². The quantitative estimate of drug-likeness (QED) is 0.703. The van der Waals surface area contributed by atoms with E-state index in [1.54, 1.807) is 12.4 Å². The molecule has 3 aromatic rings. The number of carbonyl (C=O) groups excluding carboxylic acids is 1. The van der Waals surface area contributed by atoms with E-state index >= 15 is 0 Å². The number of benzene rings is 2. The molecule has 27 heavy (non-hydrogen) atoms. The van der Waals surface area contributed by atoms with E-state index in [0.717, 1.165) is 22.3 Å². The van der Waals surface area contributed by atoms with Gasteiger partial charge in [0.05, 0.1) is 0 Å². The van der Waals surface area contributed by atoms with E-state index in [-0.39, 0.29) is 0 Å². The molecule has 1 fully saturated rings. The molecule has 2 heterocycles. The molecule has 1 amide bonds. The van der Waals surface area contributed by atoms with Gasteiger partial charge in [-0.15, -0.1) is 0 Å². The Morgan fingerprint density at radius 2 is 1.63 bits per heavy atom. The van der Waals surface area contributed by atoms with E-state index in [1.165, 1.54) is 0 Å². The number of hydrogen-bond acceptors (Lipinski definition) is 3. The standard InChI is InChI=1S/C23H18N2O2/c1-23(21(27-22(26)25-23)19-10-6-3-7-11-19)20-14-18(15-24-16-20)13-12-17-8-4-2-5-9-17/h2-11,14-16,21H,1H3,(H,25,26)/t21-,23+/m0/s1. The van der Waals surface area contributed by atoms with E-state index in [1.807, 2.05) is 73.7 Å². The predicted molar refractivity (Wildman–Crippen MR) is 103 cm³/mol. The lowest BCUT2D eigenvalue weighted by Gasteiger charge is -2.29. The van der Waals surface area contributed by atoms with Crippen LogP contribution in [0.15, 0.2) is 79.1 Å². The molecule has 1 aliphatic heterocycles. The van der Waals surface area contributed by atoms with Gasteiger partial charge >= 0.3 is 6.09 Å². The molecule has 4 heteroatoms. The number of nitrogens with one attached hydrogen (secondary N) is 1. The molecule has 2 atom stereocenters. The summed E-state index contributed by atoms with van der Waals surface area (Å²) in [6.07, 6.45) is 2.59. The molecule has 132 valence electrons. The minimum Gasteiger partial charge on any atom is -0.438 e. The van der Waals surface area contributed by atoms with Crippen LogP contribution < -0.4 is 5.32 Å². The number of pyridine rings is 1. The molecule has 0 saturated carbocycles. The van der Waals surface area contributed by atoms with Gasteiger partial charge in [0.15, 0.2) is 6.10 Å². The minimum absolute atomic E-state index is 0.438. The number of carbonyl (C=O) groups is 1. The third-order valence-electron chi connectivity index (χ3n) is 4.68. The monoisotopic (exact) mass is 354 g/mol. The fraction of sp³-hybridized carbons (Fsp3) is 0.130. The molecule has 2 aromatic carbocycles. The smallest absolute Gasteiger partial charge is 0.408 e. The maximum atomic E-state index is 12.0. The lowest BCUT2D eigenvalue weighted by Crippen LogP contribution is -2.39. The number of hydrogen-bond donors (Lipinski definition) is 1. The number of nitrogens with zero attached hydrogens (tertiary/aromatic N) is 1. The summed E-state index contributed by atoms with van der Waals surface area (Å²) in [5.74, 6) is 6.28. The Balaban J connectivity index is 1.70. The van der Waals surface area contributed by atoms with Crippen molar-refractivity contribution in [3.05, 3.63) is 101 Å². The Morgan fingerprint density at radius 3 is 2.37 bits per heavy atom. The summed E-state index contributed by atoms with van der Waals surface area (Å²) in [5.41, 5.74) is 2.77. The van der Waals surface area contributed by atoms with E-state index in [2.05, 4.69) is 22.1 Å². The van der Waals surface area contributed by atoms with Gasteiger partial charge in [-0.25, -0.2) is 4.79 Å². The van der Waals surface area contributed by atoms with Gasteiger partial charge in [-0.1, -0.05) is 60.4 Å². The fourth-order valence-corrected chi connectivity index (χ4v) is 3.24. The second-order valence-electron chi connectivity index (χ2n) is 6.60. The van der Waals surface area contributed by atoms with Crippen LogP contribution in [0.4, 0.5) is 4.79 Å². The van der Waals surface area contributed by atoms with Gasteiger partial charge in [0.25, 0.3) is 0 Å². The average molecular weight is 354 g/mol. The summed E-state index contributed by atoms with van der Waals surface area (Å²) in [5, 5.41) is 2.95. The van der Waals surface area contributed by atoms with Crippen LogP contribution in [-0.2, 0) is 10.3 Å². The summed E-state index contributed by atoms with van der Waals surface area (Å²) < 4.78 is 5.57. The highest BCUT2D eigenvalue weighted by atomic mass is 16.6. The number of rotatable bonds is 2. The van der Waals surface area contributed by atoms with Crippen LogP contribution >= 0.6 is 0 Å². The zero-order valence-electron chi connectivity index (χ0n) is 14.8. The molecule has 1 aromatic heterocycles. The van der Waals surface area contributed by atoms with Crippen LogP contribution in [0, 0.1) is 11.8 Å². The first-order valence-corrected chi connectivity index (χ1v) is 8.71. The molecule has 1 N–H and O–H groups in total. The van der Waals surface area contributed by atoms with Gasteiger partial charge in [0.2, 0.25) is 0 Å². The van der Waals surface area contributed by atoms with Crippen LogP contribution in [0.3, 0.4) is 0 Å². The molecule has 4 nitrogen and oxygen atoms in total. The zero-order chi connectivity index (χ0) is 18.7. The molecule has 1 aliphatic rings. The van der Waals surface area contributed by atoms with Gasteiger partial charge in [-0.05, 0) is 30.7 Å². The van der Waals surface area contributed by atoms with E-state index in [4.69, 9.17) is 4.74 Å². The van der Waals surface area contributed by atoms with Crippen molar-refractivity contribution in [1.82, 2.24) is 10.3 Å². The first kappa shape index (κ1) is 16.9. The molecular weight excluding hydrogens is 336 g/mol. The van der Waals surface area contributed by atoms with E-state index in [9.17, 15) is 4.79 Å². The Morgan fingerprint density at radius 1 is 0.963 bits per heavy atom. The van der Waals surface area contributed by atoms with Crippen molar-refractivity contribution in [2.24, 2.45) is 0 Å². The highest BCUT2D eigenvalue weighted by Crippen LogP contribution is 2.41. The van der Waals surface area contributed by atoms with Crippen molar-refractivity contribution in [3.63, 3.8) is 0 Å². The highest BCUT2D eigenvalue weighted by molar-refractivity contribution is 5.72. The lowest BCUT2D eigenvalue weighted by molar-refractivity contribution is 0.112. The summed E-state index contributed by atoms with van der Waals surface area (Å²) in [7, 11) is 0. The summed E-state index contributed by atoms with van der Waals surface area (Å²) in [6, 6.07) is 21.4. The van der Waals surface area contributed by atoms with Crippen LogP contribution in [-0.4, -0.2) is 11.1 Å². The lowest BCUT2D eigenvalue weighted by atomic mass is 9.84. The number of alkyl carbamates (subject to hydrolysis) is 1. The van der Waals surface area contributed by atoms with Crippen molar-refractivity contribution in [1.29, 1.82) is 0 Å². The molecule has 0 aliphatic carbocycles. The highest BCUT2D eigenvalue weighted by Gasteiger charge is 2.47. The van der Waals surface area contributed by atoms with Gasteiger partial charge in [0, 0.05) is 29.1 Å². The van der Waals surface area contributed by atoms with Crippen molar-refractivity contribution >= 4 is 6.09 Å². The van der Waals surface area contributed by atoms with Crippen molar-refractivity contribution in [3.8, 4) is 11.8 Å². The molecular formula is C23H18N2O2. The van der Waals surface area contributed by atoms with Gasteiger partial charge in [-0.3, -0.25) is 4.98 Å². The van der Waals surface area contributed by atoms with Gasteiger partial charge in [-0.2, -0.15) is 0 Å². The van der Waals surface area contributed by atoms with Crippen molar-refractivity contribution in [2.75, 3.05) is 0 Å². The summed E-state index contributed by atoms with van der Waals surface area (Å²) in [4.78, 5) is 16.4. The first-order chi connectivity index (χ1) is 13.1. The Kier molecular flexibility index (Phi) is 4.35. The third kappa shape index (κ3) is 3.40. The van der Waals surface area contributed by atoms with E-state index in [0.29, 0.717) is 0 Å². The summed E-state index contributed by atoms with van der Waals surface area (Å²) >= 11 is 0. The Labute approximate surface area is 158 Å². The molecule has 0 bridgehead atoms. The number of ether oxygens (including phenoxy) is 1. The Bertz CT molecular complexity index is 1020. The van der Waals surface area contributed by atoms with Gasteiger partial charge in [0.1, 0.15) is 5.54 Å². The normalized spacial score (nSPS) is 20.9. The molecule has 0 radical (unpaired) electrons. The minimum atomic E-state index is -0.726. The SMILES string of the molecule is C[C@]1(c2cncc(C#Cc3ccccc3)c2)NC(=O)O[C@H]1c1ccccc1. The van der Waals surface area contributed by atoms with Crippen LogP contribution in [0.2, 0.25) is 0 Å². The second-order valence-corrected chi connectivity index (χ2v) is 6.60. The number of amides is 1. The average Bonchev–Trinajstić information content (AvgIpc) is 3.03. The third-order valence-corrected chi connectivity index (χ3v) is 4.68. The maximum Gasteiger partial charge on any atom is 0.408 e. The predicted octanol–water partition coefficient (Wildman–Crippen LogP) is 4.18. The molecule has 4 rings (SSSR count). The van der Waals surface area contributed by atoms with Crippen molar-refractivity contribution < 1.29 is 9.53 Å². The van der Waals surface area contributed by atoms with Crippen molar-refractivity contribution in [2.45, 2.75) is 18.6 Å². The molecule has 0 unspecified atom stereocenters. The van der Waals surface area contributed by atoms with Crippen LogP contribution in [0.5, 0.6) is 0 Å². The van der Waals surface area contributed by atoms with Crippen LogP contribution in [0.25, 0.3) is 0 Å². The number of cyclic esters (lactones) is 1. The fourth-order valence-electron chi connectivity index (χ4n) is 3.24. The topological polar surface area (TPSA) is 51.2 Å². The van der Waals surface area contributed by atoms with Gasteiger partial charge < -0.3 is 10.1 Å². The second kappa shape index (κ2) is 6.97.